The van der Waals surface area contributed by atoms with Gasteiger partial charge >= 0.3 is 6.03 Å². The molecule has 0 saturated carbocycles. The molecule has 0 aromatic rings. The zero-order valence-electron chi connectivity index (χ0n) is 8.92. The number of rotatable bonds is 3. The van der Waals surface area contributed by atoms with E-state index >= 15 is 0 Å². The van der Waals surface area contributed by atoms with Crippen molar-refractivity contribution < 1.29 is 19.4 Å². The molecule has 0 bridgehead atoms. The number of ether oxygens (including phenoxy) is 1. The number of carbonyl (C=O) groups is 2. The van der Waals surface area contributed by atoms with Crippen LogP contribution in [0.2, 0.25) is 0 Å². The van der Waals surface area contributed by atoms with Gasteiger partial charge in [-0.05, 0) is 13.0 Å². The average molecular weight is 226 g/mol. The number of urea groups is 1. The van der Waals surface area contributed by atoms with Crippen LogP contribution in [-0.4, -0.2) is 53.3 Å². The highest BCUT2D eigenvalue weighted by Crippen LogP contribution is 2.18. The molecule has 88 valence electrons. The van der Waals surface area contributed by atoms with Crippen LogP contribution in [0.1, 0.15) is 6.92 Å². The van der Waals surface area contributed by atoms with Crippen LogP contribution in [0.3, 0.4) is 0 Å². The smallest absolute Gasteiger partial charge is 0.320 e. The highest BCUT2D eigenvalue weighted by atomic mass is 16.5. The van der Waals surface area contributed by atoms with Crippen LogP contribution < -0.4 is 5.32 Å². The predicted octanol–water partition coefficient (Wildman–Crippen LogP) is -0.757. The van der Waals surface area contributed by atoms with Crippen molar-refractivity contribution >= 4 is 11.8 Å². The summed E-state index contributed by atoms with van der Waals surface area (Å²) in [5.74, 6) is -0.0727. The van der Waals surface area contributed by atoms with Crippen LogP contribution in [0.15, 0.2) is 12.2 Å². The van der Waals surface area contributed by atoms with Crippen LogP contribution >= 0.6 is 0 Å². The second-order valence-corrected chi connectivity index (χ2v) is 3.90. The van der Waals surface area contributed by atoms with E-state index in [-0.39, 0.29) is 24.5 Å². The van der Waals surface area contributed by atoms with Crippen molar-refractivity contribution in [3.8, 4) is 0 Å². The van der Waals surface area contributed by atoms with E-state index in [1.165, 1.54) is 11.8 Å². The van der Waals surface area contributed by atoms with E-state index in [4.69, 9.17) is 9.84 Å². The van der Waals surface area contributed by atoms with Crippen molar-refractivity contribution in [3.05, 3.63) is 12.2 Å². The molecule has 3 atom stereocenters. The number of carbonyl (C=O) groups excluding carboxylic acids is 2. The van der Waals surface area contributed by atoms with E-state index in [2.05, 4.69) is 5.32 Å². The van der Waals surface area contributed by atoms with Gasteiger partial charge < -0.3 is 15.2 Å². The number of aliphatic hydroxyl groups is 1. The lowest BCUT2D eigenvalue weighted by Crippen LogP contribution is -2.38. The minimum Gasteiger partial charge on any atom is -0.393 e. The van der Waals surface area contributed by atoms with Gasteiger partial charge in [0.1, 0.15) is 12.1 Å². The van der Waals surface area contributed by atoms with Gasteiger partial charge in [0.05, 0.1) is 13.2 Å². The molecule has 2 N–H and O–H groups in total. The molecule has 2 aliphatic heterocycles. The zero-order chi connectivity index (χ0) is 11.7. The minimum absolute atomic E-state index is 0.0727. The molecule has 6 nitrogen and oxygen atoms in total. The standard InChI is InChI=1S/C10H14N2O4/c1-6(14)8-4-12(10(15)11-8)9-3-2-7(5-13)16-9/h2-3,7-9,13H,4-5H2,1H3,(H,11,15)/t7-,8?,9+/m0/s1. The van der Waals surface area contributed by atoms with Crippen LogP contribution in [0, 0.1) is 0 Å². The topological polar surface area (TPSA) is 78.9 Å². The van der Waals surface area contributed by atoms with Gasteiger partial charge in [-0.3, -0.25) is 9.69 Å². The van der Waals surface area contributed by atoms with E-state index in [9.17, 15) is 9.59 Å². The van der Waals surface area contributed by atoms with Crippen LogP contribution in [-0.2, 0) is 9.53 Å². The Labute approximate surface area is 92.9 Å². The molecule has 0 aromatic carbocycles. The molecular weight excluding hydrogens is 212 g/mol. The summed E-state index contributed by atoms with van der Waals surface area (Å²) in [7, 11) is 0. The average Bonchev–Trinajstić information content (AvgIpc) is 2.83. The normalized spacial score (nSPS) is 33.2. The van der Waals surface area contributed by atoms with Crippen LogP contribution in [0.25, 0.3) is 0 Å². The molecule has 2 amide bonds. The lowest BCUT2D eigenvalue weighted by atomic mass is 10.2. The summed E-state index contributed by atoms with van der Waals surface area (Å²) in [5.41, 5.74) is 0. The Morgan fingerprint density at radius 1 is 1.69 bits per heavy atom. The molecule has 1 saturated heterocycles. The number of amides is 2. The third kappa shape index (κ3) is 1.94. The summed E-state index contributed by atoms with van der Waals surface area (Å²) < 4.78 is 5.39. The number of Topliss-reactive ketones (excluding diaryl/α,β-unsaturated/α-hetero) is 1. The molecule has 1 fully saturated rings. The molecule has 0 spiro atoms. The number of ketones is 1. The van der Waals surface area contributed by atoms with Gasteiger partial charge in [0.2, 0.25) is 0 Å². The van der Waals surface area contributed by atoms with Gasteiger partial charge in [0.15, 0.2) is 12.0 Å². The molecular formula is C10H14N2O4. The number of aliphatic hydroxyl groups excluding tert-OH is 1. The lowest BCUT2D eigenvalue weighted by Gasteiger charge is -2.22. The number of hydrogen-bond donors (Lipinski definition) is 2. The number of nitrogens with one attached hydrogen (secondary N) is 1. The highest BCUT2D eigenvalue weighted by molar-refractivity contribution is 5.90. The first-order chi connectivity index (χ1) is 7.61. The van der Waals surface area contributed by atoms with Gasteiger partial charge in [-0.25, -0.2) is 4.79 Å². The fourth-order valence-corrected chi connectivity index (χ4v) is 1.78. The van der Waals surface area contributed by atoms with E-state index in [1.54, 1.807) is 12.2 Å². The van der Waals surface area contributed by atoms with Crippen molar-refractivity contribution in [1.29, 1.82) is 0 Å². The van der Waals surface area contributed by atoms with Gasteiger partial charge in [-0.1, -0.05) is 6.08 Å². The monoisotopic (exact) mass is 226 g/mol. The summed E-state index contributed by atoms with van der Waals surface area (Å²) >= 11 is 0. The molecule has 2 rings (SSSR count). The Morgan fingerprint density at radius 2 is 2.44 bits per heavy atom. The second kappa shape index (κ2) is 4.23. The number of hydrogen-bond acceptors (Lipinski definition) is 4. The Hall–Kier alpha value is -1.40. The molecule has 6 heteroatoms. The SMILES string of the molecule is CC(=O)C1CN([C@H]2C=C[C@@H](CO)O2)C(=O)N1. The summed E-state index contributed by atoms with van der Waals surface area (Å²) in [6, 6.07) is -0.772. The van der Waals surface area contributed by atoms with E-state index in [0.717, 1.165) is 0 Å². The number of nitrogens with zero attached hydrogens (tertiary/aromatic N) is 1. The Morgan fingerprint density at radius 3 is 2.94 bits per heavy atom. The second-order valence-electron chi connectivity index (χ2n) is 3.90. The largest absolute Gasteiger partial charge is 0.393 e. The van der Waals surface area contributed by atoms with Gasteiger partial charge in [-0.15, -0.1) is 0 Å². The van der Waals surface area contributed by atoms with Gasteiger partial charge in [0, 0.05) is 0 Å². The predicted molar refractivity (Wildman–Crippen MR) is 54.6 cm³/mol. The Balaban J connectivity index is 1.99. The summed E-state index contributed by atoms with van der Waals surface area (Å²) in [5, 5.41) is 11.5. The third-order valence-corrected chi connectivity index (χ3v) is 2.72. The molecule has 1 unspecified atom stereocenters. The fourth-order valence-electron chi connectivity index (χ4n) is 1.78. The van der Waals surface area contributed by atoms with Crippen molar-refractivity contribution in [1.82, 2.24) is 10.2 Å². The van der Waals surface area contributed by atoms with Crippen molar-refractivity contribution in [3.63, 3.8) is 0 Å². The highest BCUT2D eigenvalue weighted by Gasteiger charge is 2.37. The first-order valence-corrected chi connectivity index (χ1v) is 5.14. The first kappa shape index (κ1) is 11.1. The first-order valence-electron chi connectivity index (χ1n) is 5.14. The molecule has 2 heterocycles. The minimum atomic E-state index is -0.485. The van der Waals surface area contributed by atoms with Crippen molar-refractivity contribution in [2.75, 3.05) is 13.2 Å². The van der Waals surface area contributed by atoms with E-state index < -0.39 is 12.3 Å². The molecule has 0 radical (unpaired) electrons. The Kier molecular flexibility index (Phi) is 2.93. The van der Waals surface area contributed by atoms with Crippen LogP contribution in [0.4, 0.5) is 4.79 Å². The zero-order valence-corrected chi connectivity index (χ0v) is 8.92. The summed E-state index contributed by atoms with van der Waals surface area (Å²) in [6.07, 6.45) is 2.57. The van der Waals surface area contributed by atoms with Gasteiger partial charge in [0.25, 0.3) is 0 Å². The molecule has 0 aromatic heterocycles. The van der Waals surface area contributed by atoms with Crippen molar-refractivity contribution in [2.45, 2.75) is 25.3 Å². The van der Waals surface area contributed by atoms with E-state index in [0.29, 0.717) is 6.54 Å². The summed E-state index contributed by atoms with van der Waals surface area (Å²) in [4.78, 5) is 24.1. The lowest BCUT2D eigenvalue weighted by molar-refractivity contribution is -0.118. The molecule has 2 aliphatic rings. The third-order valence-electron chi connectivity index (χ3n) is 2.72. The maximum Gasteiger partial charge on any atom is 0.320 e. The maximum absolute atomic E-state index is 11.6. The van der Waals surface area contributed by atoms with E-state index in [1.807, 2.05) is 0 Å². The quantitative estimate of drug-likeness (QED) is 0.620. The Bertz CT molecular complexity index is 342. The molecule has 16 heavy (non-hydrogen) atoms. The van der Waals surface area contributed by atoms with Crippen molar-refractivity contribution in [2.24, 2.45) is 0 Å². The fraction of sp³-hybridized carbons (Fsp3) is 0.600. The van der Waals surface area contributed by atoms with Crippen LogP contribution in [0.5, 0.6) is 0 Å². The maximum atomic E-state index is 11.6. The summed E-state index contributed by atoms with van der Waals surface area (Å²) in [6.45, 7) is 1.64. The van der Waals surface area contributed by atoms with Gasteiger partial charge in [-0.2, -0.15) is 0 Å². The molecule has 0 aliphatic carbocycles.